The van der Waals surface area contributed by atoms with Gasteiger partial charge in [-0.1, -0.05) is 6.07 Å². The number of hydrogen-bond acceptors (Lipinski definition) is 2. The van der Waals surface area contributed by atoms with Gasteiger partial charge >= 0.3 is 0 Å². The molecule has 0 spiro atoms. The van der Waals surface area contributed by atoms with Crippen LogP contribution in [0.2, 0.25) is 0 Å². The van der Waals surface area contributed by atoms with Gasteiger partial charge in [-0.3, -0.25) is 9.59 Å². The average molecular weight is 407 g/mol. The molecular weight excluding hydrogens is 379 g/mol. The van der Waals surface area contributed by atoms with E-state index in [1.165, 1.54) is 25.3 Å². The molecule has 4 aliphatic carbocycles. The summed E-state index contributed by atoms with van der Waals surface area (Å²) in [7, 11) is 0. The van der Waals surface area contributed by atoms with Crippen LogP contribution in [0.3, 0.4) is 0 Å². The molecule has 0 saturated heterocycles. The first kappa shape index (κ1) is 19.3. The number of benzene rings is 2. The van der Waals surface area contributed by atoms with E-state index in [-0.39, 0.29) is 22.9 Å². The highest BCUT2D eigenvalue weighted by atomic mass is 19.1. The Balaban J connectivity index is 1.25. The van der Waals surface area contributed by atoms with E-state index < -0.39 is 5.82 Å². The molecule has 6 rings (SSSR count). The largest absolute Gasteiger partial charge is 0.326 e. The lowest BCUT2D eigenvalue weighted by Gasteiger charge is -2.55. The molecule has 0 radical (unpaired) electrons. The summed E-state index contributed by atoms with van der Waals surface area (Å²) >= 11 is 0. The molecule has 0 heterocycles. The molecule has 4 bridgehead atoms. The van der Waals surface area contributed by atoms with Crippen LogP contribution in [0, 0.1) is 35.9 Å². The number of aryl methyl sites for hydroxylation is 1. The molecule has 2 N–H and O–H groups in total. The minimum atomic E-state index is -0.456. The maximum absolute atomic E-state index is 14.0. The molecule has 0 aromatic heterocycles. The topological polar surface area (TPSA) is 58.2 Å². The first-order valence-corrected chi connectivity index (χ1v) is 10.9. The summed E-state index contributed by atoms with van der Waals surface area (Å²) in [6, 6.07) is 11.5. The molecule has 2 aromatic rings. The second-order valence-electron chi connectivity index (χ2n) is 9.67. The Labute approximate surface area is 176 Å². The summed E-state index contributed by atoms with van der Waals surface area (Å²) in [6.07, 6.45) is 6.97. The van der Waals surface area contributed by atoms with Crippen LogP contribution >= 0.6 is 0 Å². The third-order valence-electron chi connectivity index (χ3n) is 7.30. The van der Waals surface area contributed by atoms with Gasteiger partial charge in [-0.05, 0) is 105 Å². The normalized spacial score (nSPS) is 28.9. The highest BCUT2D eigenvalue weighted by molar-refractivity contribution is 6.05. The summed E-state index contributed by atoms with van der Waals surface area (Å²) in [5.41, 5.74) is 1.87. The van der Waals surface area contributed by atoms with Gasteiger partial charge in [0.1, 0.15) is 5.82 Å². The molecule has 0 aliphatic heterocycles. The fourth-order valence-corrected chi connectivity index (χ4v) is 6.27. The molecule has 2 aromatic carbocycles. The first-order valence-electron chi connectivity index (χ1n) is 10.9. The minimum absolute atomic E-state index is 0.139. The third-order valence-corrected chi connectivity index (χ3v) is 7.30. The van der Waals surface area contributed by atoms with E-state index in [1.54, 1.807) is 43.3 Å². The summed E-state index contributed by atoms with van der Waals surface area (Å²) in [5, 5.41) is 5.70. The number of amides is 2. The molecule has 4 saturated carbocycles. The van der Waals surface area contributed by atoms with Gasteiger partial charge in [-0.15, -0.1) is 0 Å². The van der Waals surface area contributed by atoms with Crippen molar-refractivity contribution in [3.63, 3.8) is 0 Å². The fraction of sp³-hybridized carbons (Fsp3) is 0.440. The van der Waals surface area contributed by atoms with Crippen molar-refractivity contribution in [1.29, 1.82) is 0 Å². The van der Waals surface area contributed by atoms with Crippen molar-refractivity contribution >= 4 is 23.2 Å². The number of hydrogen-bond donors (Lipinski definition) is 2. The molecule has 4 nitrogen and oxygen atoms in total. The first-order chi connectivity index (χ1) is 14.4. The van der Waals surface area contributed by atoms with Gasteiger partial charge in [0.15, 0.2) is 0 Å². The third kappa shape index (κ3) is 3.51. The Bertz CT molecular complexity index is 963. The molecule has 4 fully saturated rings. The Hall–Kier alpha value is -2.69. The zero-order valence-corrected chi connectivity index (χ0v) is 17.2. The number of carbonyl (C=O) groups is 2. The van der Waals surface area contributed by atoms with Crippen LogP contribution in [0.25, 0.3) is 0 Å². The summed E-state index contributed by atoms with van der Waals surface area (Å²) in [5.74, 6) is 1.46. The lowest BCUT2D eigenvalue weighted by atomic mass is 9.49. The Morgan fingerprint density at radius 3 is 2.07 bits per heavy atom. The number of anilines is 2. The highest BCUT2D eigenvalue weighted by Gasteiger charge is 2.54. The van der Waals surface area contributed by atoms with E-state index in [4.69, 9.17) is 0 Å². The average Bonchev–Trinajstić information content (AvgIpc) is 2.69. The summed E-state index contributed by atoms with van der Waals surface area (Å²) in [6.45, 7) is 1.80. The maximum atomic E-state index is 14.0. The van der Waals surface area contributed by atoms with Crippen LogP contribution < -0.4 is 10.6 Å². The van der Waals surface area contributed by atoms with Gasteiger partial charge in [0, 0.05) is 11.3 Å². The van der Waals surface area contributed by atoms with Gasteiger partial charge < -0.3 is 10.6 Å². The van der Waals surface area contributed by atoms with Crippen molar-refractivity contribution in [3.8, 4) is 0 Å². The Morgan fingerprint density at radius 2 is 1.50 bits per heavy atom. The van der Waals surface area contributed by atoms with Crippen LogP contribution in [-0.2, 0) is 4.79 Å². The van der Waals surface area contributed by atoms with Crippen molar-refractivity contribution in [2.75, 3.05) is 10.6 Å². The quantitative estimate of drug-likeness (QED) is 0.700. The second-order valence-corrected chi connectivity index (χ2v) is 9.67. The number of carbonyl (C=O) groups excluding carboxylic acids is 2. The zero-order valence-electron chi connectivity index (χ0n) is 17.2. The minimum Gasteiger partial charge on any atom is -0.326 e. The van der Waals surface area contributed by atoms with Gasteiger partial charge in [0.05, 0.1) is 11.1 Å². The van der Waals surface area contributed by atoms with Gasteiger partial charge in [-0.2, -0.15) is 0 Å². The Kier molecular flexibility index (Phi) is 4.64. The zero-order chi connectivity index (χ0) is 20.9. The van der Waals surface area contributed by atoms with Crippen molar-refractivity contribution in [2.45, 2.75) is 45.4 Å². The van der Waals surface area contributed by atoms with E-state index in [9.17, 15) is 14.0 Å². The molecule has 156 valence electrons. The molecule has 5 heteroatoms. The Morgan fingerprint density at radius 1 is 0.900 bits per heavy atom. The maximum Gasteiger partial charge on any atom is 0.255 e. The lowest BCUT2D eigenvalue weighted by Crippen LogP contribution is -2.51. The predicted molar refractivity (Wildman–Crippen MR) is 115 cm³/mol. The van der Waals surface area contributed by atoms with Crippen molar-refractivity contribution in [1.82, 2.24) is 0 Å². The van der Waals surface area contributed by atoms with Crippen molar-refractivity contribution < 1.29 is 14.0 Å². The van der Waals surface area contributed by atoms with Gasteiger partial charge in [0.2, 0.25) is 5.91 Å². The number of nitrogens with one attached hydrogen (secondary N) is 2. The lowest BCUT2D eigenvalue weighted by molar-refractivity contribution is -0.140. The van der Waals surface area contributed by atoms with E-state index in [1.807, 2.05) is 0 Å². The van der Waals surface area contributed by atoms with Crippen molar-refractivity contribution in [3.05, 3.63) is 59.4 Å². The molecule has 0 unspecified atom stereocenters. The fourth-order valence-electron chi connectivity index (χ4n) is 6.27. The molecule has 2 amide bonds. The second kappa shape index (κ2) is 7.22. The summed E-state index contributed by atoms with van der Waals surface area (Å²) in [4.78, 5) is 25.6. The molecular formula is C25H27FN2O2. The van der Waals surface area contributed by atoms with E-state index in [0.717, 1.165) is 42.6 Å². The summed E-state index contributed by atoms with van der Waals surface area (Å²) < 4.78 is 14.0. The van der Waals surface area contributed by atoms with E-state index in [0.29, 0.717) is 11.3 Å². The highest BCUT2D eigenvalue weighted by Crippen LogP contribution is 2.60. The van der Waals surface area contributed by atoms with Crippen LogP contribution in [0.4, 0.5) is 15.8 Å². The SMILES string of the molecule is Cc1ccc(NC(=O)c2ccc(NC(=O)C34CC5CC(CC(C5)C3)C4)cc2)c(F)c1. The standard InChI is InChI=1S/C25H27FN2O2/c1-15-2-7-22(21(26)8-15)28-23(29)19-3-5-20(6-4-19)27-24(30)25-12-16-9-17(13-25)11-18(10-16)14-25/h2-8,16-18H,9-14H2,1H3,(H,27,30)(H,28,29). The van der Waals surface area contributed by atoms with Crippen LogP contribution in [0.5, 0.6) is 0 Å². The van der Waals surface area contributed by atoms with Crippen LogP contribution in [0.15, 0.2) is 42.5 Å². The van der Waals surface area contributed by atoms with E-state index in [2.05, 4.69) is 10.6 Å². The van der Waals surface area contributed by atoms with Crippen molar-refractivity contribution in [2.24, 2.45) is 23.2 Å². The number of halogens is 1. The molecule has 4 aliphatic rings. The van der Waals surface area contributed by atoms with Crippen LogP contribution in [0.1, 0.15) is 54.4 Å². The molecule has 0 atom stereocenters. The smallest absolute Gasteiger partial charge is 0.255 e. The van der Waals surface area contributed by atoms with E-state index >= 15 is 0 Å². The monoisotopic (exact) mass is 406 g/mol. The predicted octanol–water partition coefficient (Wildman–Crippen LogP) is 5.54. The van der Waals surface area contributed by atoms with Crippen LogP contribution in [-0.4, -0.2) is 11.8 Å². The molecule has 30 heavy (non-hydrogen) atoms. The van der Waals surface area contributed by atoms with Gasteiger partial charge in [-0.25, -0.2) is 4.39 Å². The number of rotatable bonds is 4. The van der Waals surface area contributed by atoms with Gasteiger partial charge in [0.25, 0.3) is 5.91 Å².